The van der Waals surface area contributed by atoms with E-state index in [4.69, 9.17) is 36.3 Å². The van der Waals surface area contributed by atoms with Crippen molar-refractivity contribution in [2.75, 3.05) is 39.8 Å². The molecule has 0 aliphatic heterocycles. The number of fused-ring (bicyclic) bond motifs is 5. The first-order valence-electron chi connectivity index (χ1n) is 49.0. The fraction of sp³-hybridized carbons (Fsp3) is 0.417. The number of amides is 5. The Morgan fingerprint density at radius 1 is 0.421 bits per heavy atom. The highest BCUT2D eigenvalue weighted by atomic mass is 35.5. The SMILES string of the molecule is CC(C)CN(Cc1nc2cccnc2n1CC1CC1)C(=O)c1c(F)cc(F)cc1F.CCCCN(Cc1nc2cccnc2n1CC1CC1)C(=O)c1cscc1OC.CCCN(Cc1nc2cccnc2n1CC(C)C)C(=O)c1ccccc1.CCCN(Cc1nc2cccnc2n1CC1CC1)C(=O)Cc1cccc(F)c1.CCCn1c(CN(CCC(C)C)C(=O)c2ccc(Cl)cc2)nc2cccnc21. The lowest BCUT2D eigenvalue weighted by atomic mass is 10.1. The lowest BCUT2D eigenvalue weighted by Crippen LogP contribution is -2.36. The zero-order valence-corrected chi connectivity index (χ0v) is 83.5. The molecule has 4 aromatic carbocycles. The van der Waals surface area contributed by atoms with Crippen molar-refractivity contribution in [3.63, 3.8) is 0 Å². The number of hydrogen-bond donors (Lipinski definition) is 0. The Hall–Kier alpha value is -13.2. The lowest BCUT2D eigenvalue weighted by Gasteiger charge is -2.25. The first-order chi connectivity index (χ1) is 67.8. The van der Waals surface area contributed by atoms with E-state index in [2.05, 4.69) is 104 Å². The number of carbonyl (C=O) groups excluding carboxylic acids is 5. The van der Waals surface area contributed by atoms with Crippen LogP contribution in [0.1, 0.15) is 222 Å². The Kier molecular flexibility index (Phi) is 36.0. The molecule has 3 saturated carbocycles. The second-order valence-corrected chi connectivity index (χ2v) is 38.8. The van der Waals surface area contributed by atoms with Crippen LogP contribution in [0.5, 0.6) is 5.75 Å². The van der Waals surface area contributed by atoms with E-state index < -0.39 is 28.9 Å². The van der Waals surface area contributed by atoms with Crippen molar-refractivity contribution in [1.29, 1.82) is 0 Å². The number of aryl methyl sites for hydroxylation is 1. The first kappa shape index (κ1) is 103. The van der Waals surface area contributed by atoms with Crippen LogP contribution in [0.25, 0.3) is 55.8 Å². The number of unbranched alkanes of at least 4 members (excludes halogenated alkanes) is 1. The minimum Gasteiger partial charge on any atom is -0.495 e. The van der Waals surface area contributed by atoms with Gasteiger partial charge >= 0.3 is 0 Å². The molecular weight excluding hydrogens is 1820 g/mol. The molecule has 11 aromatic heterocycles. The highest BCUT2D eigenvalue weighted by Gasteiger charge is 2.34. The van der Waals surface area contributed by atoms with Gasteiger partial charge in [-0.25, -0.2) is 67.4 Å². The van der Waals surface area contributed by atoms with Crippen LogP contribution >= 0.6 is 22.9 Å². The third kappa shape index (κ3) is 27.3. The van der Waals surface area contributed by atoms with Gasteiger partial charge in [-0.3, -0.25) is 24.0 Å². The maximum Gasteiger partial charge on any atom is 0.260 e. The second kappa shape index (κ2) is 49.1. The number of hydrogen-bond acceptors (Lipinski definition) is 17. The van der Waals surface area contributed by atoms with Gasteiger partial charge in [0.05, 0.1) is 51.8 Å². The van der Waals surface area contributed by atoms with Crippen molar-refractivity contribution < 1.29 is 46.3 Å². The number of benzene rings is 4. The zero-order chi connectivity index (χ0) is 99.0. The Morgan fingerprint density at radius 3 is 1.29 bits per heavy atom. The topological polar surface area (TPSA) is 264 Å². The molecule has 0 unspecified atom stereocenters. The largest absolute Gasteiger partial charge is 0.495 e. The van der Waals surface area contributed by atoms with Crippen LogP contribution in [0.15, 0.2) is 193 Å². The molecule has 0 N–H and O–H groups in total. The maximum absolute atomic E-state index is 14.3. The van der Waals surface area contributed by atoms with Crippen molar-refractivity contribution in [1.82, 2.24) is 97.2 Å². The Bertz CT molecular complexity index is 6660. The van der Waals surface area contributed by atoms with Gasteiger partial charge in [-0.05, 0) is 221 Å². The summed E-state index contributed by atoms with van der Waals surface area (Å²) in [5.74, 6) is 3.22. The number of halogens is 5. The molecule has 26 nitrogen and oxygen atoms in total. The number of rotatable bonds is 39. The number of ether oxygens (including phenoxy) is 1. The highest BCUT2D eigenvalue weighted by Crippen LogP contribution is 2.37. The van der Waals surface area contributed by atoms with E-state index in [0.29, 0.717) is 138 Å². The summed E-state index contributed by atoms with van der Waals surface area (Å²) in [7, 11) is 1.61. The van der Waals surface area contributed by atoms with Crippen LogP contribution in [0.2, 0.25) is 5.02 Å². The predicted octanol–water partition coefficient (Wildman–Crippen LogP) is 22.2. The average molecular weight is 1940 g/mol. The van der Waals surface area contributed by atoms with Crippen LogP contribution in [0, 0.1) is 58.8 Å². The van der Waals surface area contributed by atoms with Gasteiger partial charge in [0.1, 0.15) is 91.3 Å². The number of pyridine rings is 5. The molecule has 18 rings (SSSR count). The Balaban J connectivity index is 0.000000139. The van der Waals surface area contributed by atoms with Gasteiger partial charge in [0, 0.05) is 135 Å². The van der Waals surface area contributed by atoms with Crippen molar-refractivity contribution in [2.45, 2.75) is 218 Å². The molecule has 5 amide bonds. The lowest BCUT2D eigenvalue weighted by molar-refractivity contribution is -0.131. The van der Waals surface area contributed by atoms with Crippen LogP contribution < -0.4 is 4.74 Å². The molecular formula is C108H127ClF4N20O6S. The minimum atomic E-state index is -1.21. The van der Waals surface area contributed by atoms with E-state index >= 15 is 0 Å². The molecule has 15 aromatic rings. The van der Waals surface area contributed by atoms with Gasteiger partial charge in [0.15, 0.2) is 28.2 Å². The highest BCUT2D eigenvalue weighted by molar-refractivity contribution is 7.08. The van der Waals surface area contributed by atoms with Crippen LogP contribution in [0.3, 0.4) is 0 Å². The van der Waals surface area contributed by atoms with E-state index in [1.54, 1.807) is 74.4 Å². The van der Waals surface area contributed by atoms with Crippen LogP contribution in [-0.2, 0) is 76.7 Å². The monoisotopic (exact) mass is 1940 g/mol. The summed E-state index contributed by atoms with van der Waals surface area (Å²) in [6.07, 6.45) is 22.0. The van der Waals surface area contributed by atoms with Crippen LogP contribution in [0.4, 0.5) is 17.6 Å². The van der Waals surface area contributed by atoms with Crippen LogP contribution in [-0.4, -0.2) is 167 Å². The third-order valence-electron chi connectivity index (χ3n) is 24.5. The molecule has 0 radical (unpaired) electrons. The number of methoxy groups -OCH3 is 1. The smallest absolute Gasteiger partial charge is 0.260 e. The number of nitrogens with zero attached hydrogens (tertiary/aromatic N) is 20. The molecule has 736 valence electrons. The standard InChI is InChI=1S/C22H27ClN4O.C22H23F3N4O.C22H25FN4O.C21H26N4O2S.C21H26N4O/c1-4-13-27-20(25-19-6-5-12-24-21(19)27)15-26(14-11-16(2)3)22(28)17-7-9-18(23)10-8-17;1-13(2)10-28(22(30)20-16(24)8-15(23)9-17(20)25)12-19-27-18-4-3-7-26-21(18)29(19)11-14-5-6-14;1-2-11-26(21(28)13-17-5-3-6-18(23)12-17)15-20-25-19-7-4-10-24-22(19)27(20)14-16-8-9-16;1-3-4-10-24(21(26)16-13-28-14-18(16)27-2)12-19-23-17-6-5-9-22-20(17)25(19)11-15-7-8-15;1-4-13-24(21(26)17-9-6-5-7-10-17)15-19-23-18-11-8-12-22-20(18)25(19)14-16(2)3/h5-10,12,16H,4,11,13-15H2,1-3H3;3-4,7-9,13-14H,5-6,10-12H2,1-2H3;3-7,10,12,16H,2,8-9,11,13-15H2,1H3;5-6,9,13-15H,3-4,7-8,10-12H2,1-2H3;5-12,16H,4,13-15H2,1-3H3. The fourth-order valence-corrected chi connectivity index (χ4v) is 17.8. The third-order valence-corrected chi connectivity index (χ3v) is 25.4. The summed E-state index contributed by atoms with van der Waals surface area (Å²) < 4.78 is 71.3. The molecule has 32 heteroatoms. The van der Waals surface area contributed by atoms with E-state index in [1.165, 1.54) is 54.1 Å². The normalized spacial score (nSPS) is 12.8. The van der Waals surface area contributed by atoms with E-state index in [-0.39, 0.29) is 54.9 Å². The predicted molar refractivity (Wildman–Crippen MR) is 540 cm³/mol. The number of thiophene rings is 1. The molecule has 0 atom stereocenters. The summed E-state index contributed by atoms with van der Waals surface area (Å²) >= 11 is 7.47. The Morgan fingerprint density at radius 2 is 0.850 bits per heavy atom. The summed E-state index contributed by atoms with van der Waals surface area (Å²) in [5, 5.41) is 4.37. The quantitative estimate of drug-likeness (QED) is 0.0324. The molecule has 0 bridgehead atoms. The van der Waals surface area contributed by atoms with Gasteiger partial charge < -0.3 is 52.1 Å². The van der Waals surface area contributed by atoms with Gasteiger partial charge in [0.2, 0.25) is 5.91 Å². The van der Waals surface area contributed by atoms with Gasteiger partial charge in [-0.15, -0.1) is 11.3 Å². The van der Waals surface area contributed by atoms with E-state index in [1.807, 2.05) is 140 Å². The molecule has 3 aliphatic carbocycles. The Labute approximate surface area is 824 Å². The molecule has 11 heterocycles. The van der Waals surface area contributed by atoms with E-state index in [0.717, 1.165) is 158 Å². The minimum absolute atomic E-state index is 0.000352. The first-order valence-corrected chi connectivity index (χ1v) is 50.3. The maximum atomic E-state index is 14.3. The number of aromatic nitrogens is 15. The molecule has 140 heavy (non-hydrogen) atoms. The fourth-order valence-electron chi connectivity index (χ4n) is 16.9. The summed E-state index contributed by atoms with van der Waals surface area (Å²) in [4.78, 5) is 121. The van der Waals surface area contributed by atoms with Crippen molar-refractivity contribution >= 4 is 108 Å². The number of imidazole rings is 5. The molecule has 0 saturated heterocycles. The molecule has 3 aliphatic rings. The molecule has 3 fully saturated rings. The summed E-state index contributed by atoms with van der Waals surface area (Å²) in [5.41, 5.74) is 10.5. The summed E-state index contributed by atoms with van der Waals surface area (Å²) in [6, 6.07) is 43.0. The average Bonchev–Trinajstić information content (AvgIpc) is 1.61. The zero-order valence-electron chi connectivity index (χ0n) is 81.9. The number of carbonyl (C=O) groups is 5. The van der Waals surface area contributed by atoms with E-state index in [9.17, 15) is 41.5 Å². The van der Waals surface area contributed by atoms with Gasteiger partial charge in [-0.1, -0.05) is 118 Å². The molecule has 0 spiro atoms. The summed E-state index contributed by atoms with van der Waals surface area (Å²) in [6.45, 7) is 30.1. The van der Waals surface area contributed by atoms with Crippen molar-refractivity contribution in [2.24, 2.45) is 35.5 Å². The van der Waals surface area contributed by atoms with Gasteiger partial charge in [-0.2, -0.15) is 0 Å². The second-order valence-electron chi connectivity index (χ2n) is 37.6. The van der Waals surface area contributed by atoms with Crippen molar-refractivity contribution in [3.05, 3.63) is 279 Å². The van der Waals surface area contributed by atoms with Gasteiger partial charge in [0.25, 0.3) is 23.6 Å². The van der Waals surface area contributed by atoms with Crippen molar-refractivity contribution in [3.8, 4) is 5.75 Å².